The summed E-state index contributed by atoms with van der Waals surface area (Å²) in [5.41, 5.74) is 0.492. The molecule has 1 aliphatic rings. The number of hydrogen-bond donors (Lipinski definition) is 0. The molecule has 0 saturated carbocycles. The maximum absolute atomic E-state index is 12.6. The lowest BCUT2D eigenvalue weighted by atomic mass is 10.1. The summed E-state index contributed by atoms with van der Waals surface area (Å²) in [6.45, 7) is 1.41. The van der Waals surface area contributed by atoms with Crippen LogP contribution in [0.1, 0.15) is 12.0 Å². The number of para-hydroxylation sites is 1. The smallest absolute Gasteiger partial charge is 0.320 e. The molecular formula is C23H23N3O4. The van der Waals surface area contributed by atoms with Gasteiger partial charge in [0.1, 0.15) is 5.75 Å². The molecule has 0 radical (unpaired) electrons. The van der Waals surface area contributed by atoms with Gasteiger partial charge in [-0.3, -0.25) is 19.0 Å². The van der Waals surface area contributed by atoms with Gasteiger partial charge in [-0.25, -0.2) is 0 Å². The third-order valence-electron chi connectivity index (χ3n) is 5.37. The maximum atomic E-state index is 12.6. The third kappa shape index (κ3) is 4.05. The summed E-state index contributed by atoms with van der Waals surface area (Å²) in [5.74, 6) is 0.816. The van der Waals surface area contributed by atoms with Gasteiger partial charge in [0.2, 0.25) is 5.91 Å². The number of amides is 1. The summed E-state index contributed by atoms with van der Waals surface area (Å²) in [4.78, 5) is 39.3. The number of methoxy groups -OCH3 is 1. The molecule has 4 rings (SSSR count). The van der Waals surface area contributed by atoms with Crippen LogP contribution in [0.3, 0.4) is 0 Å². The Bertz CT molecular complexity index is 1150. The summed E-state index contributed by atoms with van der Waals surface area (Å²) < 4.78 is 7.92. The van der Waals surface area contributed by atoms with Gasteiger partial charge >= 0.3 is 11.1 Å². The van der Waals surface area contributed by atoms with E-state index in [0.717, 1.165) is 11.3 Å². The van der Waals surface area contributed by atoms with Crippen molar-refractivity contribution in [3.8, 4) is 11.4 Å². The van der Waals surface area contributed by atoms with E-state index >= 15 is 0 Å². The molecule has 2 aromatic carbocycles. The van der Waals surface area contributed by atoms with E-state index in [1.807, 2.05) is 42.5 Å². The van der Waals surface area contributed by atoms with Crippen molar-refractivity contribution in [1.82, 2.24) is 14.0 Å². The van der Waals surface area contributed by atoms with Crippen LogP contribution in [0.2, 0.25) is 0 Å². The molecule has 1 amide bonds. The normalized spacial score (nSPS) is 16.1. The molecule has 0 spiro atoms. The predicted molar refractivity (Wildman–Crippen MR) is 113 cm³/mol. The number of hydrogen-bond acceptors (Lipinski definition) is 4. The number of benzene rings is 2. The van der Waals surface area contributed by atoms with E-state index < -0.39 is 11.1 Å². The van der Waals surface area contributed by atoms with Crippen molar-refractivity contribution < 1.29 is 9.53 Å². The molecule has 7 heteroatoms. The molecule has 7 nitrogen and oxygen atoms in total. The summed E-state index contributed by atoms with van der Waals surface area (Å²) in [5, 5.41) is 0. The Morgan fingerprint density at radius 2 is 1.67 bits per heavy atom. The quantitative estimate of drug-likeness (QED) is 0.589. The highest BCUT2D eigenvalue weighted by molar-refractivity contribution is 5.78. The molecule has 0 bridgehead atoms. The van der Waals surface area contributed by atoms with E-state index in [1.165, 1.54) is 9.13 Å². The van der Waals surface area contributed by atoms with Crippen molar-refractivity contribution in [2.75, 3.05) is 13.7 Å². The molecule has 1 aromatic heterocycles. The highest BCUT2D eigenvalue weighted by Gasteiger charge is 2.30. The molecule has 2 heterocycles. The van der Waals surface area contributed by atoms with Crippen LogP contribution in [0.5, 0.6) is 5.75 Å². The van der Waals surface area contributed by atoms with Gasteiger partial charge in [0.05, 0.1) is 7.11 Å². The number of aromatic nitrogens is 2. The average Bonchev–Trinajstić information content (AvgIpc) is 3.11. The molecule has 30 heavy (non-hydrogen) atoms. The van der Waals surface area contributed by atoms with E-state index in [2.05, 4.69) is 0 Å². The van der Waals surface area contributed by atoms with Crippen LogP contribution in [0, 0.1) is 5.92 Å². The molecule has 1 aliphatic heterocycles. The fourth-order valence-electron chi connectivity index (χ4n) is 3.80. The van der Waals surface area contributed by atoms with Crippen molar-refractivity contribution in [3.05, 3.63) is 93.3 Å². The Labute approximate surface area is 173 Å². The van der Waals surface area contributed by atoms with Crippen LogP contribution < -0.4 is 15.9 Å². The number of rotatable bonds is 6. The topological polar surface area (TPSA) is 73.5 Å². The van der Waals surface area contributed by atoms with E-state index in [0.29, 0.717) is 31.7 Å². The minimum absolute atomic E-state index is 0.0135. The molecule has 1 unspecified atom stereocenters. The molecule has 1 atom stereocenters. The minimum atomic E-state index is -0.594. The fourth-order valence-corrected chi connectivity index (χ4v) is 3.80. The monoisotopic (exact) mass is 405 g/mol. The molecule has 0 aliphatic carbocycles. The second-order valence-corrected chi connectivity index (χ2v) is 7.46. The fraction of sp³-hybridized carbons (Fsp3) is 0.261. The Balaban J connectivity index is 1.46. The third-order valence-corrected chi connectivity index (χ3v) is 5.37. The Hall–Kier alpha value is -3.61. The van der Waals surface area contributed by atoms with Crippen LogP contribution >= 0.6 is 0 Å². The first-order valence-corrected chi connectivity index (χ1v) is 9.83. The van der Waals surface area contributed by atoms with Crippen LogP contribution in [0.4, 0.5) is 0 Å². The zero-order valence-electron chi connectivity index (χ0n) is 16.7. The largest absolute Gasteiger partial charge is 0.497 e. The van der Waals surface area contributed by atoms with Crippen LogP contribution in [-0.4, -0.2) is 33.6 Å². The molecule has 1 saturated heterocycles. The SMILES string of the molecule is COc1ccc(CN2CC(Cn3ccn(-c4ccccc4)c(=O)c3=O)CC2=O)cc1. The first-order valence-electron chi connectivity index (χ1n) is 9.83. The number of likely N-dealkylation sites (tertiary alicyclic amines) is 1. The van der Waals surface area contributed by atoms with Crippen LogP contribution in [0.25, 0.3) is 5.69 Å². The van der Waals surface area contributed by atoms with E-state index in [4.69, 9.17) is 4.74 Å². The Kier molecular flexibility index (Phi) is 5.52. The zero-order valence-corrected chi connectivity index (χ0v) is 16.7. The van der Waals surface area contributed by atoms with Gasteiger partial charge in [-0.15, -0.1) is 0 Å². The number of ether oxygens (including phenoxy) is 1. The van der Waals surface area contributed by atoms with Gasteiger partial charge in [0.15, 0.2) is 0 Å². The highest BCUT2D eigenvalue weighted by atomic mass is 16.5. The van der Waals surface area contributed by atoms with Crippen LogP contribution in [0.15, 0.2) is 76.6 Å². The van der Waals surface area contributed by atoms with Gasteiger partial charge in [0, 0.05) is 50.1 Å². The highest BCUT2D eigenvalue weighted by Crippen LogP contribution is 2.22. The minimum Gasteiger partial charge on any atom is -0.497 e. The van der Waals surface area contributed by atoms with Crippen molar-refractivity contribution in [2.45, 2.75) is 19.5 Å². The van der Waals surface area contributed by atoms with Gasteiger partial charge in [-0.05, 0) is 29.8 Å². The van der Waals surface area contributed by atoms with Gasteiger partial charge < -0.3 is 14.2 Å². The lowest BCUT2D eigenvalue weighted by Crippen LogP contribution is -2.41. The number of carbonyl (C=O) groups is 1. The number of nitrogens with zero attached hydrogens (tertiary/aromatic N) is 3. The average molecular weight is 405 g/mol. The Morgan fingerprint density at radius 3 is 2.37 bits per heavy atom. The van der Waals surface area contributed by atoms with Crippen molar-refractivity contribution in [2.24, 2.45) is 5.92 Å². The van der Waals surface area contributed by atoms with Crippen molar-refractivity contribution in [1.29, 1.82) is 0 Å². The summed E-state index contributed by atoms with van der Waals surface area (Å²) >= 11 is 0. The van der Waals surface area contributed by atoms with Crippen molar-refractivity contribution in [3.63, 3.8) is 0 Å². The van der Waals surface area contributed by atoms with E-state index in [-0.39, 0.29) is 11.8 Å². The standard InChI is InChI=1S/C23H23N3O4/c1-30-20-9-7-17(8-10-20)14-25-16-18(13-21(25)27)15-24-11-12-26(23(29)22(24)28)19-5-3-2-4-6-19/h2-12,18H,13-16H2,1H3. The summed E-state index contributed by atoms with van der Waals surface area (Å²) in [7, 11) is 1.61. The molecule has 3 aromatic rings. The molecular weight excluding hydrogens is 382 g/mol. The van der Waals surface area contributed by atoms with Crippen molar-refractivity contribution >= 4 is 5.91 Å². The second kappa shape index (κ2) is 8.41. The summed E-state index contributed by atoms with van der Waals surface area (Å²) in [6.07, 6.45) is 3.59. The molecule has 154 valence electrons. The summed E-state index contributed by atoms with van der Waals surface area (Å²) in [6, 6.07) is 16.6. The zero-order chi connectivity index (χ0) is 21.1. The Morgan fingerprint density at radius 1 is 0.933 bits per heavy atom. The lowest BCUT2D eigenvalue weighted by Gasteiger charge is -2.17. The molecule has 1 fully saturated rings. The second-order valence-electron chi connectivity index (χ2n) is 7.46. The lowest BCUT2D eigenvalue weighted by molar-refractivity contribution is -0.128. The van der Waals surface area contributed by atoms with Crippen LogP contribution in [-0.2, 0) is 17.9 Å². The first kappa shape index (κ1) is 19.7. The van der Waals surface area contributed by atoms with Gasteiger partial charge in [-0.1, -0.05) is 30.3 Å². The van der Waals surface area contributed by atoms with Gasteiger partial charge in [0.25, 0.3) is 0 Å². The maximum Gasteiger partial charge on any atom is 0.320 e. The first-order chi connectivity index (χ1) is 14.5. The predicted octanol–water partition coefficient (Wildman–Crippen LogP) is 2.06. The van der Waals surface area contributed by atoms with E-state index in [9.17, 15) is 14.4 Å². The van der Waals surface area contributed by atoms with Gasteiger partial charge in [-0.2, -0.15) is 0 Å². The molecule has 0 N–H and O–H groups in total. The number of carbonyl (C=O) groups excluding carboxylic acids is 1. The van der Waals surface area contributed by atoms with E-state index in [1.54, 1.807) is 36.5 Å².